The van der Waals surface area contributed by atoms with E-state index < -0.39 is 0 Å². The average Bonchev–Trinajstić information content (AvgIpc) is 3.03. The summed E-state index contributed by atoms with van der Waals surface area (Å²) < 4.78 is 7.44. The third-order valence-corrected chi connectivity index (χ3v) is 2.99. The highest BCUT2D eigenvalue weighted by Gasteiger charge is 2.06. The van der Waals surface area contributed by atoms with Crippen molar-refractivity contribution in [3.8, 4) is 17.5 Å². The standard InChI is InChI=1S/C16H12N4O/c17-10-13-6-8-16(9-7-13)21-12-15-11-18-19-20(15)14-4-2-1-3-5-14/h1-9,11H,12H2. The molecule has 0 saturated heterocycles. The second-order valence-corrected chi connectivity index (χ2v) is 4.40. The highest BCUT2D eigenvalue weighted by atomic mass is 16.5. The number of rotatable bonds is 4. The lowest BCUT2D eigenvalue weighted by Crippen LogP contribution is -2.05. The quantitative estimate of drug-likeness (QED) is 0.735. The Morgan fingerprint density at radius 1 is 1.05 bits per heavy atom. The summed E-state index contributed by atoms with van der Waals surface area (Å²) in [7, 11) is 0. The van der Waals surface area contributed by atoms with Crippen molar-refractivity contribution >= 4 is 0 Å². The Labute approximate surface area is 122 Å². The van der Waals surface area contributed by atoms with Crippen LogP contribution < -0.4 is 4.74 Å². The molecule has 0 spiro atoms. The van der Waals surface area contributed by atoms with Gasteiger partial charge in [-0.1, -0.05) is 23.4 Å². The van der Waals surface area contributed by atoms with Gasteiger partial charge in [-0.15, -0.1) is 5.10 Å². The Morgan fingerprint density at radius 3 is 2.52 bits per heavy atom. The van der Waals surface area contributed by atoms with Crippen LogP contribution in [0.25, 0.3) is 5.69 Å². The highest BCUT2D eigenvalue weighted by Crippen LogP contribution is 2.15. The summed E-state index contributed by atoms with van der Waals surface area (Å²) in [6, 6.07) is 18.8. The van der Waals surface area contributed by atoms with Crippen LogP contribution in [0.15, 0.2) is 60.8 Å². The van der Waals surface area contributed by atoms with E-state index in [0.29, 0.717) is 17.9 Å². The van der Waals surface area contributed by atoms with Gasteiger partial charge in [0.25, 0.3) is 0 Å². The molecule has 3 rings (SSSR count). The van der Waals surface area contributed by atoms with Crippen molar-refractivity contribution in [2.24, 2.45) is 0 Å². The lowest BCUT2D eigenvalue weighted by atomic mass is 10.2. The molecule has 0 aliphatic heterocycles. The Bertz CT molecular complexity index is 757. The number of benzene rings is 2. The smallest absolute Gasteiger partial charge is 0.132 e. The zero-order chi connectivity index (χ0) is 14.5. The van der Waals surface area contributed by atoms with E-state index in [2.05, 4.69) is 16.4 Å². The SMILES string of the molecule is N#Cc1ccc(OCc2cnnn2-c2ccccc2)cc1. The zero-order valence-corrected chi connectivity index (χ0v) is 11.2. The van der Waals surface area contributed by atoms with Gasteiger partial charge in [0.15, 0.2) is 0 Å². The Kier molecular flexibility index (Phi) is 3.61. The molecule has 0 radical (unpaired) electrons. The molecule has 21 heavy (non-hydrogen) atoms. The van der Waals surface area contributed by atoms with E-state index in [4.69, 9.17) is 10.00 Å². The van der Waals surface area contributed by atoms with Crippen LogP contribution in [0.3, 0.4) is 0 Å². The predicted molar refractivity (Wildman–Crippen MR) is 76.8 cm³/mol. The molecule has 1 heterocycles. The topological polar surface area (TPSA) is 63.7 Å². The summed E-state index contributed by atoms with van der Waals surface area (Å²) in [5.41, 5.74) is 2.40. The van der Waals surface area contributed by atoms with Crippen molar-refractivity contribution in [3.63, 3.8) is 0 Å². The molecule has 2 aromatic carbocycles. The first-order valence-electron chi connectivity index (χ1n) is 6.45. The normalized spacial score (nSPS) is 10.0. The van der Waals surface area contributed by atoms with Gasteiger partial charge in [0.05, 0.1) is 23.5 Å². The number of para-hydroxylation sites is 1. The summed E-state index contributed by atoms with van der Waals surface area (Å²) in [5, 5.41) is 16.8. The molecule has 1 aromatic heterocycles. The third-order valence-electron chi connectivity index (χ3n) is 2.99. The Hall–Kier alpha value is -3.13. The maximum Gasteiger partial charge on any atom is 0.132 e. The van der Waals surface area contributed by atoms with Crippen molar-refractivity contribution in [1.29, 1.82) is 5.26 Å². The fraction of sp³-hybridized carbons (Fsp3) is 0.0625. The second-order valence-electron chi connectivity index (χ2n) is 4.40. The van der Waals surface area contributed by atoms with Crippen LogP contribution in [0.2, 0.25) is 0 Å². The molecule has 0 bridgehead atoms. The first-order chi connectivity index (χ1) is 10.4. The predicted octanol–water partition coefficient (Wildman–Crippen LogP) is 2.72. The van der Waals surface area contributed by atoms with Gasteiger partial charge in [0.2, 0.25) is 0 Å². The monoisotopic (exact) mass is 276 g/mol. The van der Waals surface area contributed by atoms with E-state index in [-0.39, 0.29) is 0 Å². The summed E-state index contributed by atoms with van der Waals surface area (Å²) in [6.45, 7) is 0.355. The largest absolute Gasteiger partial charge is 0.487 e. The van der Waals surface area contributed by atoms with Gasteiger partial charge < -0.3 is 4.74 Å². The maximum atomic E-state index is 8.76. The van der Waals surface area contributed by atoms with Gasteiger partial charge in [-0.3, -0.25) is 0 Å². The minimum Gasteiger partial charge on any atom is -0.487 e. The van der Waals surface area contributed by atoms with Crippen LogP contribution >= 0.6 is 0 Å². The molecule has 0 unspecified atom stereocenters. The van der Waals surface area contributed by atoms with Crippen LogP contribution in [0, 0.1) is 11.3 Å². The zero-order valence-electron chi connectivity index (χ0n) is 11.2. The van der Waals surface area contributed by atoms with Crippen LogP contribution in [0.1, 0.15) is 11.3 Å². The highest BCUT2D eigenvalue weighted by molar-refractivity contribution is 5.35. The van der Waals surface area contributed by atoms with Gasteiger partial charge in [-0.05, 0) is 36.4 Å². The van der Waals surface area contributed by atoms with Crippen molar-refractivity contribution < 1.29 is 4.74 Å². The summed E-state index contributed by atoms with van der Waals surface area (Å²) in [4.78, 5) is 0. The molecular weight excluding hydrogens is 264 g/mol. The van der Waals surface area contributed by atoms with Crippen molar-refractivity contribution in [3.05, 3.63) is 72.1 Å². The summed E-state index contributed by atoms with van der Waals surface area (Å²) in [5.74, 6) is 0.704. The fourth-order valence-electron chi connectivity index (χ4n) is 1.92. The number of nitriles is 1. The molecule has 0 fully saturated rings. The van der Waals surface area contributed by atoms with Crippen LogP contribution in [-0.4, -0.2) is 15.0 Å². The second kappa shape index (κ2) is 5.88. The summed E-state index contributed by atoms with van der Waals surface area (Å²) in [6.07, 6.45) is 1.68. The van der Waals surface area contributed by atoms with Gasteiger partial charge >= 0.3 is 0 Å². The number of aromatic nitrogens is 3. The first kappa shape index (κ1) is 12.9. The molecule has 0 atom stereocenters. The summed E-state index contributed by atoms with van der Waals surface area (Å²) >= 11 is 0. The molecule has 0 aliphatic rings. The van der Waals surface area contributed by atoms with Crippen LogP contribution in [0.4, 0.5) is 0 Å². The van der Waals surface area contributed by atoms with Crippen molar-refractivity contribution in [1.82, 2.24) is 15.0 Å². The first-order valence-corrected chi connectivity index (χ1v) is 6.45. The van der Waals surface area contributed by atoms with Crippen LogP contribution in [-0.2, 0) is 6.61 Å². The van der Waals surface area contributed by atoms with E-state index in [9.17, 15) is 0 Å². The maximum absolute atomic E-state index is 8.76. The molecule has 0 N–H and O–H groups in total. The molecular formula is C16H12N4O. The average molecular weight is 276 g/mol. The van der Waals surface area contributed by atoms with Gasteiger partial charge in [-0.2, -0.15) is 5.26 Å². The third kappa shape index (κ3) is 2.90. The van der Waals surface area contributed by atoms with Gasteiger partial charge in [-0.25, -0.2) is 4.68 Å². The van der Waals surface area contributed by atoms with Crippen molar-refractivity contribution in [2.45, 2.75) is 6.61 Å². The number of ether oxygens (including phenoxy) is 1. The van der Waals surface area contributed by atoms with Crippen LogP contribution in [0.5, 0.6) is 5.75 Å². The number of hydrogen-bond donors (Lipinski definition) is 0. The number of nitrogens with zero attached hydrogens (tertiary/aromatic N) is 4. The van der Waals surface area contributed by atoms with Crippen molar-refractivity contribution in [2.75, 3.05) is 0 Å². The molecule has 5 nitrogen and oxygen atoms in total. The minimum atomic E-state index is 0.355. The molecule has 5 heteroatoms. The van der Waals surface area contributed by atoms with E-state index in [1.807, 2.05) is 30.3 Å². The molecule has 0 aliphatic carbocycles. The van der Waals surface area contributed by atoms with E-state index in [1.54, 1.807) is 35.1 Å². The van der Waals surface area contributed by atoms with E-state index in [0.717, 1.165) is 11.4 Å². The molecule has 0 saturated carbocycles. The molecule has 102 valence electrons. The van der Waals surface area contributed by atoms with Gasteiger partial charge in [0, 0.05) is 0 Å². The van der Waals surface area contributed by atoms with E-state index >= 15 is 0 Å². The Balaban J connectivity index is 1.74. The Morgan fingerprint density at radius 2 is 1.81 bits per heavy atom. The molecule has 0 amide bonds. The van der Waals surface area contributed by atoms with Gasteiger partial charge in [0.1, 0.15) is 18.1 Å². The fourth-order valence-corrected chi connectivity index (χ4v) is 1.92. The lowest BCUT2D eigenvalue weighted by molar-refractivity contribution is 0.297. The van der Waals surface area contributed by atoms with E-state index in [1.165, 1.54) is 0 Å². The molecule has 3 aromatic rings. The lowest BCUT2D eigenvalue weighted by Gasteiger charge is -2.08. The minimum absolute atomic E-state index is 0.355. The number of hydrogen-bond acceptors (Lipinski definition) is 4.